The van der Waals surface area contributed by atoms with E-state index in [1.165, 1.54) is 6.07 Å². The minimum atomic E-state index is -0.260. The zero-order valence-electron chi connectivity index (χ0n) is 10.3. The van der Waals surface area contributed by atoms with E-state index in [9.17, 15) is 4.39 Å². The lowest BCUT2D eigenvalue weighted by molar-refractivity contribution is 0.563. The van der Waals surface area contributed by atoms with E-state index in [2.05, 4.69) is 26.2 Å². The molecule has 0 saturated heterocycles. The van der Waals surface area contributed by atoms with Crippen molar-refractivity contribution < 1.29 is 4.39 Å². The molecular formula is C13H15BrFN3. The van der Waals surface area contributed by atoms with E-state index >= 15 is 0 Å². The highest BCUT2D eigenvalue weighted by atomic mass is 79.9. The molecule has 1 heterocycles. The Balaban J connectivity index is 2.48. The molecule has 0 bridgehead atoms. The van der Waals surface area contributed by atoms with Crippen molar-refractivity contribution >= 4 is 15.9 Å². The molecule has 0 aliphatic heterocycles. The van der Waals surface area contributed by atoms with Crippen LogP contribution in [0.2, 0.25) is 0 Å². The van der Waals surface area contributed by atoms with Crippen LogP contribution in [0.3, 0.4) is 0 Å². The number of aryl methyl sites for hydroxylation is 1. The van der Waals surface area contributed by atoms with Gasteiger partial charge in [-0.2, -0.15) is 0 Å². The Kier molecular flexibility index (Phi) is 4.14. The van der Waals surface area contributed by atoms with Crippen LogP contribution in [-0.2, 0) is 7.05 Å². The lowest BCUT2D eigenvalue weighted by Crippen LogP contribution is -2.25. The molecule has 1 aromatic heterocycles. The van der Waals surface area contributed by atoms with Crippen LogP contribution in [0, 0.1) is 5.82 Å². The van der Waals surface area contributed by atoms with Crippen LogP contribution in [0.5, 0.6) is 0 Å². The van der Waals surface area contributed by atoms with Crippen molar-refractivity contribution in [2.24, 2.45) is 7.05 Å². The van der Waals surface area contributed by atoms with Gasteiger partial charge in [0.1, 0.15) is 11.6 Å². The van der Waals surface area contributed by atoms with Gasteiger partial charge in [0.05, 0.1) is 10.5 Å². The number of hydrogen-bond acceptors (Lipinski definition) is 2. The van der Waals surface area contributed by atoms with Crippen LogP contribution in [-0.4, -0.2) is 16.1 Å². The number of nitrogens with zero attached hydrogens (tertiary/aromatic N) is 2. The average Bonchev–Trinajstić information content (AvgIpc) is 2.76. The first-order valence-corrected chi connectivity index (χ1v) is 6.59. The predicted octanol–water partition coefficient (Wildman–Crippen LogP) is 3.02. The van der Waals surface area contributed by atoms with Gasteiger partial charge in [-0.3, -0.25) is 0 Å². The monoisotopic (exact) mass is 311 g/mol. The SMILES string of the molecule is CCNC(c1cccc(F)c1Br)c1nccn1C. The minimum absolute atomic E-state index is 0.125. The van der Waals surface area contributed by atoms with Crippen molar-refractivity contribution in [3.8, 4) is 0 Å². The summed E-state index contributed by atoms with van der Waals surface area (Å²) in [5.74, 6) is 0.604. The van der Waals surface area contributed by atoms with Crippen LogP contribution in [0.25, 0.3) is 0 Å². The van der Waals surface area contributed by atoms with E-state index < -0.39 is 0 Å². The summed E-state index contributed by atoms with van der Waals surface area (Å²) in [7, 11) is 1.93. The molecule has 0 fully saturated rings. The highest BCUT2D eigenvalue weighted by molar-refractivity contribution is 9.10. The predicted molar refractivity (Wildman–Crippen MR) is 72.8 cm³/mol. The standard InChI is InChI=1S/C13H15BrFN3/c1-3-16-12(13-17-7-8-18(13)2)9-5-4-6-10(15)11(9)14/h4-8,12,16H,3H2,1-2H3. The number of benzene rings is 1. The Morgan fingerprint density at radius 3 is 2.89 bits per heavy atom. The smallest absolute Gasteiger partial charge is 0.137 e. The molecule has 0 saturated carbocycles. The Hall–Kier alpha value is -1.20. The van der Waals surface area contributed by atoms with Gasteiger partial charge in [-0.15, -0.1) is 0 Å². The Morgan fingerprint density at radius 2 is 2.28 bits per heavy atom. The maximum atomic E-state index is 13.6. The highest BCUT2D eigenvalue weighted by Gasteiger charge is 2.20. The Labute approximate surface area is 114 Å². The van der Waals surface area contributed by atoms with Crippen LogP contribution in [0.4, 0.5) is 4.39 Å². The van der Waals surface area contributed by atoms with Crippen molar-refractivity contribution in [1.82, 2.24) is 14.9 Å². The van der Waals surface area contributed by atoms with E-state index in [4.69, 9.17) is 0 Å². The third-order valence-corrected chi connectivity index (χ3v) is 3.65. The van der Waals surface area contributed by atoms with Gasteiger partial charge in [-0.1, -0.05) is 19.1 Å². The Bertz CT molecular complexity index is 539. The molecular weight excluding hydrogens is 297 g/mol. The van der Waals surface area contributed by atoms with Gasteiger partial charge < -0.3 is 9.88 Å². The van der Waals surface area contributed by atoms with Crippen molar-refractivity contribution in [2.45, 2.75) is 13.0 Å². The summed E-state index contributed by atoms with van der Waals surface area (Å²) >= 11 is 3.31. The van der Waals surface area contributed by atoms with Gasteiger partial charge in [-0.25, -0.2) is 9.37 Å². The number of imidazole rings is 1. The van der Waals surface area contributed by atoms with Crippen molar-refractivity contribution in [1.29, 1.82) is 0 Å². The molecule has 0 aliphatic rings. The Morgan fingerprint density at radius 1 is 1.50 bits per heavy atom. The van der Waals surface area contributed by atoms with Gasteiger partial charge in [0.25, 0.3) is 0 Å². The van der Waals surface area contributed by atoms with E-state index in [0.29, 0.717) is 4.47 Å². The van der Waals surface area contributed by atoms with Gasteiger partial charge >= 0.3 is 0 Å². The molecule has 1 unspecified atom stereocenters. The summed E-state index contributed by atoms with van der Waals surface area (Å²) in [6, 6.07) is 4.92. The summed E-state index contributed by atoms with van der Waals surface area (Å²) in [4.78, 5) is 4.34. The summed E-state index contributed by atoms with van der Waals surface area (Å²) in [5.41, 5.74) is 0.853. The zero-order valence-corrected chi connectivity index (χ0v) is 11.9. The molecule has 1 aromatic carbocycles. The van der Waals surface area contributed by atoms with Gasteiger partial charge in [0.2, 0.25) is 0 Å². The minimum Gasteiger partial charge on any atom is -0.336 e. The number of rotatable bonds is 4. The molecule has 0 radical (unpaired) electrons. The summed E-state index contributed by atoms with van der Waals surface area (Å²) < 4.78 is 16.0. The molecule has 0 spiro atoms. The number of halogens is 2. The molecule has 1 N–H and O–H groups in total. The molecule has 3 nitrogen and oxygen atoms in total. The van der Waals surface area contributed by atoms with Crippen LogP contribution >= 0.6 is 15.9 Å². The maximum Gasteiger partial charge on any atom is 0.137 e. The third-order valence-electron chi connectivity index (χ3n) is 2.82. The lowest BCUT2D eigenvalue weighted by Gasteiger charge is -2.19. The molecule has 0 aliphatic carbocycles. The summed E-state index contributed by atoms with van der Waals surface area (Å²) in [6.07, 6.45) is 3.62. The quantitative estimate of drug-likeness (QED) is 0.940. The van der Waals surface area contributed by atoms with Crippen LogP contribution < -0.4 is 5.32 Å². The van der Waals surface area contributed by atoms with Crippen LogP contribution in [0.1, 0.15) is 24.4 Å². The average molecular weight is 312 g/mol. The molecule has 2 aromatic rings. The molecule has 96 valence electrons. The first kappa shape index (κ1) is 13.2. The van der Waals surface area contributed by atoms with Crippen molar-refractivity contribution in [3.05, 3.63) is 52.3 Å². The fourth-order valence-electron chi connectivity index (χ4n) is 1.94. The molecule has 0 amide bonds. The summed E-state index contributed by atoms with van der Waals surface area (Å²) in [6.45, 7) is 2.80. The lowest BCUT2D eigenvalue weighted by atomic mass is 10.1. The van der Waals surface area contributed by atoms with Gasteiger partial charge in [-0.05, 0) is 34.1 Å². The normalized spacial score (nSPS) is 12.7. The number of hydrogen-bond donors (Lipinski definition) is 1. The second kappa shape index (κ2) is 5.63. The first-order valence-electron chi connectivity index (χ1n) is 5.79. The van der Waals surface area contributed by atoms with E-state index in [1.54, 1.807) is 12.3 Å². The zero-order chi connectivity index (χ0) is 13.1. The number of nitrogens with one attached hydrogen (secondary N) is 1. The maximum absolute atomic E-state index is 13.6. The van der Waals surface area contributed by atoms with Crippen molar-refractivity contribution in [3.63, 3.8) is 0 Å². The number of aromatic nitrogens is 2. The third kappa shape index (κ3) is 2.47. The molecule has 5 heteroatoms. The fourth-order valence-corrected chi connectivity index (χ4v) is 2.44. The molecule has 2 rings (SSSR count). The van der Waals surface area contributed by atoms with Crippen molar-refractivity contribution in [2.75, 3.05) is 6.54 Å². The second-order valence-electron chi connectivity index (χ2n) is 4.03. The largest absolute Gasteiger partial charge is 0.336 e. The van der Waals surface area contributed by atoms with Crippen LogP contribution in [0.15, 0.2) is 35.1 Å². The summed E-state index contributed by atoms with van der Waals surface area (Å²) in [5, 5.41) is 3.33. The highest BCUT2D eigenvalue weighted by Crippen LogP contribution is 2.29. The van der Waals surface area contributed by atoms with E-state index in [1.807, 2.05) is 30.8 Å². The first-order chi connectivity index (χ1) is 8.65. The fraction of sp³-hybridized carbons (Fsp3) is 0.308. The molecule has 18 heavy (non-hydrogen) atoms. The molecule has 1 atom stereocenters. The second-order valence-corrected chi connectivity index (χ2v) is 4.82. The topological polar surface area (TPSA) is 29.9 Å². The van der Waals surface area contributed by atoms with Gasteiger partial charge in [0.15, 0.2) is 0 Å². The van der Waals surface area contributed by atoms with E-state index in [0.717, 1.165) is 17.9 Å². The van der Waals surface area contributed by atoms with Gasteiger partial charge in [0, 0.05) is 19.4 Å². The van der Waals surface area contributed by atoms with E-state index in [-0.39, 0.29) is 11.9 Å².